The third-order valence-electron chi connectivity index (χ3n) is 9.89. The summed E-state index contributed by atoms with van der Waals surface area (Å²) in [5.41, 5.74) is 0. The highest BCUT2D eigenvalue weighted by atomic mass is 28.5. The Morgan fingerprint density at radius 1 is 0.426 bits per heavy atom. The fourth-order valence-corrected chi connectivity index (χ4v) is 22.7. The molecule has 8 nitrogen and oxygen atoms in total. The molecule has 0 bridgehead atoms. The number of hydrogen-bond acceptors (Lipinski definition) is 6. The fraction of sp³-hybridized carbons (Fsp3) is 0.929. The number of rotatable bonds is 38. The highest BCUT2D eigenvalue weighted by Gasteiger charge is 2.39. The minimum Gasteiger partial charge on any atom is -0.481 e. The van der Waals surface area contributed by atoms with E-state index in [9.17, 15) is 14.4 Å². The minimum absolute atomic E-state index is 0.312. The standard InChI is InChI=1S/C28H60O6Si3.C14H30O2Si/c1-35(2,25-21-17-13-9-7-11-15-19-23-28(30)31)33-37(5,6)34-36(3,4)26-22-18-14-10-8-12-16-20-24-32-27-29;1-17(2,3)13-11-9-7-5-4-6-8-10-12-14(15)16/h27H,7-26H2,1-6H3,(H,30,31);4-13H2,1-3H3,(H,15,16). The Bertz CT molecular complexity index is 909. The highest BCUT2D eigenvalue weighted by Crippen LogP contribution is 2.27. The lowest BCUT2D eigenvalue weighted by molar-refractivity contribution is -0.138. The largest absolute Gasteiger partial charge is 0.481 e. The predicted octanol–water partition coefficient (Wildman–Crippen LogP) is 13.9. The summed E-state index contributed by atoms with van der Waals surface area (Å²) in [7, 11) is -6.38. The second-order valence-corrected chi connectivity index (χ2v) is 36.8. The molecule has 322 valence electrons. The average Bonchev–Trinajstić information content (AvgIpc) is 3.03. The third-order valence-corrected chi connectivity index (χ3v) is 23.2. The summed E-state index contributed by atoms with van der Waals surface area (Å²) in [5, 5.41) is 17.2. The van der Waals surface area contributed by atoms with Crippen molar-refractivity contribution < 1.29 is 37.6 Å². The van der Waals surface area contributed by atoms with Crippen LogP contribution in [0.15, 0.2) is 0 Å². The molecule has 0 fully saturated rings. The van der Waals surface area contributed by atoms with Crippen LogP contribution in [0.3, 0.4) is 0 Å². The molecule has 0 amide bonds. The molecule has 0 unspecified atom stereocenters. The van der Waals surface area contributed by atoms with Crippen molar-refractivity contribution in [2.45, 2.75) is 244 Å². The average molecular weight is 836 g/mol. The molecule has 2 N–H and O–H groups in total. The van der Waals surface area contributed by atoms with Gasteiger partial charge in [-0.15, -0.1) is 0 Å². The maximum Gasteiger partial charge on any atom is 0.311 e. The third kappa shape index (κ3) is 45.6. The van der Waals surface area contributed by atoms with E-state index in [0.717, 1.165) is 44.9 Å². The van der Waals surface area contributed by atoms with E-state index in [1.54, 1.807) is 0 Å². The van der Waals surface area contributed by atoms with Crippen LogP contribution in [0.2, 0.25) is 77.1 Å². The van der Waals surface area contributed by atoms with Gasteiger partial charge < -0.3 is 23.2 Å². The lowest BCUT2D eigenvalue weighted by Gasteiger charge is -2.39. The molecule has 0 radical (unpaired) electrons. The maximum atomic E-state index is 10.5. The number of hydrogen-bond donors (Lipinski definition) is 2. The van der Waals surface area contributed by atoms with Crippen LogP contribution in [0.25, 0.3) is 0 Å². The van der Waals surface area contributed by atoms with Crippen molar-refractivity contribution in [3.8, 4) is 0 Å². The van der Waals surface area contributed by atoms with Crippen LogP contribution >= 0.6 is 0 Å². The lowest BCUT2D eigenvalue weighted by atomic mass is 10.1. The molecule has 0 aromatic heterocycles. The quantitative estimate of drug-likeness (QED) is 0.0358. The van der Waals surface area contributed by atoms with Crippen molar-refractivity contribution in [1.82, 2.24) is 0 Å². The molecule has 0 aliphatic rings. The Hall–Kier alpha value is -0.802. The second kappa shape index (κ2) is 34.3. The zero-order valence-electron chi connectivity index (χ0n) is 37.1. The topological polar surface area (TPSA) is 119 Å². The first kappa shape index (κ1) is 55.3. The number of unbranched alkanes of at least 4 members (excludes halogenated alkanes) is 21. The summed E-state index contributed by atoms with van der Waals surface area (Å²) in [6, 6.07) is 3.89. The Kier molecular flexibility index (Phi) is 35.1. The number of carboxylic acids is 2. The summed E-state index contributed by atoms with van der Waals surface area (Å²) >= 11 is 0. The van der Waals surface area contributed by atoms with E-state index in [2.05, 4.69) is 58.9 Å². The molecule has 12 heteroatoms. The molecular weight excluding hydrogens is 745 g/mol. The van der Waals surface area contributed by atoms with E-state index < -0.39 is 45.2 Å². The van der Waals surface area contributed by atoms with Crippen LogP contribution in [0.5, 0.6) is 0 Å². The predicted molar refractivity (Wildman–Crippen MR) is 240 cm³/mol. The van der Waals surface area contributed by atoms with Crippen LogP contribution in [0.4, 0.5) is 0 Å². The second-order valence-electron chi connectivity index (χ2n) is 18.7. The minimum atomic E-state index is -2.13. The van der Waals surface area contributed by atoms with Crippen LogP contribution in [0.1, 0.15) is 167 Å². The Balaban J connectivity index is 0. The summed E-state index contributed by atoms with van der Waals surface area (Å²) < 4.78 is 18.3. The first-order valence-corrected chi connectivity index (χ1v) is 35.0. The number of aliphatic carboxylic acids is 2. The Morgan fingerprint density at radius 2 is 0.704 bits per heavy atom. The van der Waals surface area contributed by atoms with Gasteiger partial charge in [0.1, 0.15) is 0 Å². The SMILES string of the molecule is C[Si](C)(C)CCCCCCCCCCC(=O)O.C[Si](C)(CCCCCCCCCCOC=O)O[Si](C)(C)O[Si](C)(C)CCCCCCCCCCC(=O)O. The van der Waals surface area contributed by atoms with E-state index in [1.165, 1.54) is 127 Å². The van der Waals surface area contributed by atoms with Crippen molar-refractivity contribution in [1.29, 1.82) is 0 Å². The van der Waals surface area contributed by atoms with E-state index in [4.69, 9.17) is 23.2 Å². The van der Waals surface area contributed by atoms with E-state index in [1.807, 2.05) is 0 Å². The Labute approximate surface area is 338 Å². The maximum absolute atomic E-state index is 10.5. The molecule has 0 aliphatic heterocycles. The van der Waals surface area contributed by atoms with Crippen LogP contribution in [-0.2, 0) is 27.4 Å². The number of carboxylic acid groups (broad SMARTS) is 2. The molecule has 0 aliphatic carbocycles. The summed E-state index contributed by atoms with van der Waals surface area (Å²) in [6.07, 6.45) is 29.7. The normalized spacial score (nSPS) is 12.3. The molecule has 0 saturated carbocycles. The van der Waals surface area contributed by atoms with E-state index >= 15 is 0 Å². The smallest absolute Gasteiger partial charge is 0.311 e. The highest BCUT2D eigenvalue weighted by molar-refractivity contribution is 6.87. The zero-order valence-corrected chi connectivity index (χ0v) is 41.1. The van der Waals surface area contributed by atoms with Crippen molar-refractivity contribution in [2.75, 3.05) is 6.61 Å². The van der Waals surface area contributed by atoms with Crippen LogP contribution < -0.4 is 0 Å². The van der Waals surface area contributed by atoms with Crippen molar-refractivity contribution in [3.63, 3.8) is 0 Å². The fourth-order valence-electron chi connectivity index (χ4n) is 7.18. The van der Waals surface area contributed by atoms with Gasteiger partial charge in [0.15, 0.2) is 16.6 Å². The molecule has 0 heterocycles. The van der Waals surface area contributed by atoms with Crippen molar-refractivity contribution in [2.24, 2.45) is 0 Å². The first-order valence-electron chi connectivity index (χ1n) is 22.2. The van der Waals surface area contributed by atoms with Gasteiger partial charge in [0, 0.05) is 20.9 Å². The van der Waals surface area contributed by atoms with Gasteiger partial charge in [-0.3, -0.25) is 14.4 Å². The van der Waals surface area contributed by atoms with Crippen molar-refractivity contribution in [3.05, 3.63) is 0 Å². The molecule has 54 heavy (non-hydrogen) atoms. The van der Waals surface area contributed by atoms with E-state index in [-0.39, 0.29) is 0 Å². The number of carbonyl (C=O) groups is 3. The summed E-state index contributed by atoms with van der Waals surface area (Å²) in [5.74, 6) is -1.33. The number of ether oxygens (including phenoxy) is 1. The van der Waals surface area contributed by atoms with Gasteiger partial charge in [0.2, 0.25) is 0 Å². The van der Waals surface area contributed by atoms with Gasteiger partial charge in [-0.25, -0.2) is 0 Å². The monoisotopic (exact) mass is 835 g/mol. The Morgan fingerprint density at radius 3 is 1.00 bits per heavy atom. The first-order chi connectivity index (χ1) is 25.3. The number of carbonyl (C=O) groups excluding carboxylic acids is 1. The summed E-state index contributed by atoms with van der Waals surface area (Å²) in [6.45, 7) is 22.4. The molecule has 0 atom stereocenters. The van der Waals surface area contributed by atoms with Gasteiger partial charge >= 0.3 is 20.5 Å². The van der Waals surface area contributed by atoms with Crippen LogP contribution in [0, 0.1) is 0 Å². The molecular formula is C42H90O8Si4. The molecule has 0 aromatic rings. The van der Waals surface area contributed by atoms with Crippen molar-refractivity contribution >= 4 is 51.7 Å². The lowest BCUT2D eigenvalue weighted by Crippen LogP contribution is -2.52. The molecule has 0 spiro atoms. The molecule has 0 rings (SSSR count). The van der Waals surface area contributed by atoms with E-state index in [0.29, 0.717) is 25.9 Å². The van der Waals surface area contributed by atoms with Gasteiger partial charge in [-0.2, -0.15) is 0 Å². The van der Waals surface area contributed by atoms with Gasteiger partial charge in [0.25, 0.3) is 6.47 Å². The zero-order chi connectivity index (χ0) is 41.2. The van der Waals surface area contributed by atoms with Gasteiger partial charge in [0.05, 0.1) is 6.61 Å². The van der Waals surface area contributed by atoms with Crippen LogP contribution in [-0.4, -0.2) is 68.5 Å². The van der Waals surface area contributed by atoms with Gasteiger partial charge in [-0.05, 0) is 70.6 Å². The molecule has 0 saturated heterocycles. The van der Waals surface area contributed by atoms with Gasteiger partial charge in [-0.1, -0.05) is 161 Å². The molecule has 0 aromatic carbocycles. The summed E-state index contributed by atoms with van der Waals surface area (Å²) in [4.78, 5) is 30.9.